The maximum absolute atomic E-state index is 12.3. The van der Waals surface area contributed by atoms with Gasteiger partial charge in [-0.1, -0.05) is 18.2 Å². The highest BCUT2D eigenvalue weighted by atomic mass is 19.4. The molecule has 0 saturated heterocycles. The summed E-state index contributed by atoms with van der Waals surface area (Å²) in [5, 5.41) is 0. The molecule has 0 aromatic heterocycles. The quantitative estimate of drug-likeness (QED) is 0.639. The van der Waals surface area contributed by atoms with E-state index >= 15 is 0 Å². The van der Waals surface area contributed by atoms with Gasteiger partial charge in [0, 0.05) is 12.1 Å². The lowest BCUT2D eigenvalue weighted by atomic mass is 10.1. The maximum Gasteiger partial charge on any atom is 0.416 e. The van der Waals surface area contributed by atoms with Crippen LogP contribution in [0.3, 0.4) is 0 Å². The first kappa shape index (κ1) is 12.3. The van der Waals surface area contributed by atoms with E-state index in [-0.39, 0.29) is 12.1 Å². The second-order valence-corrected chi connectivity index (χ2v) is 3.15. The van der Waals surface area contributed by atoms with E-state index in [1.807, 2.05) is 0 Å². The van der Waals surface area contributed by atoms with Crippen LogP contribution in [-0.2, 0) is 11.0 Å². The van der Waals surface area contributed by atoms with Crippen LogP contribution in [0, 0.1) is 0 Å². The minimum Gasteiger partial charge on any atom is -0.398 e. The molecule has 0 spiro atoms. The van der Waals surface area contributed by atoms with Crippen molar-refractivity contribution >= 4 is 18.0 Å². The third kappa shape index (κ3) is 3.12. The summed E-state index contributed by atoms with van der Waals surface area (Å²) in [6, 6.07) is 3.11. The van der Waals surface area contributed by atoms with Crippen LogP contribution in [0.2, 0.25) is 0 Å². The van der Waals surface area contributed by atoms with Gasteiger partial charge in [0.25, 0.3) is 0 Å². The van der Waals surface area contributed by atoms with Gasteiger partial charge in [-0.2, -0.15) is 13.2 Å². The average Bonchev–Trinajstić information content (AvgIpc) is 2.19. The van der Waals surface area contributed by atoms with Crippen molar-refractivity contribution in [2.24, 2.45) is 0 Å². The van der Waals surface area contributed by atoms with E-state index in [9.17, 15) is 18.0 Å². The Morgan fingerprint density at radius 2 is 2.00 bits per heavy atom. The molecule has 0 aliphatic carbocycles. The van der Waals surface area contributed by atoms with E-state index in [1.54, 1.807) is 0 Å². The Bertz CT molecular complexity index is 410. The van der Waals surface area contributed by atoms with E-state index < -0.39 is 11.7 Å². The zero-order valence-electron chi connectivity index (χ0n) is 8.29. The molecule has 0 aliphatic rings. The van der Waals surface area contributed by atoms with E-state index in [4.69, 9.17) is 5.73 Å². The number of aldehydes is 1. The zero-order valence-corrected chi connectivity index (χ0v) is 8.29. The lowest BCUT2D eigenvalue weighted by Gasteiger charge is -2.08. The van der Waals surface area contributed by atoms with Crippen LogP contribution in [0.25, 0.3) is 6.08 Å². The van der Waals surface area contributed by atoms with Gasteiger partial charge < -0.3 is 10.5 Å². The highest BCUT2D eigenvalue weighted by Gasteiger charge is 2.30. The normalized spacial score (nSPS) is 11.9. The van der Waals surface area contributed by atoms with Crippen LogP contribution in [-0.4, -0.2) is 6.29 Å². The second kappa shape index (κ2) is 4.83. The first-order valence-corrected chi connectivity index (χ1v) is 4.52. The minimum absolute atomic E-state index is 0.0389. The number of alkyl halides is 3. The van der Waals surface area contributed by atoms with Crippen LogP contribution in [0.15, 0.2) is 24.3 Å². The maximum atomic E-state index is 12.3. The summed E-state index contributed by atoms with van der Waals surface area (Å²) in [6.45, 7) is 0. The van der Waals surface area contributed by atoms with Gasteiger partial charge in [0.2, 0.25) is 0 Å². The topological polar surface area (TPSA) is 43.1 Å². The summed E-state index contributed by atoms with van der Waals surface area (Å²) in [7, 11) is 0. The Balaban J connectivity index is 2.96. The highest BCUT2D eigenvalue weighted by Crippen LogP contribution is 2.31. The van der Waals surface area contributed by atoms with E-state index in [1.165, 1.54) is 18.2 Å². The predicted molar refractivity (Wildman–Crippen MR) is 55.6 cm³/mol. The van der Waals surface area contributed by atoms with Gasteiger partial charge in [-0.15, -0.1) is 0 Å². The summed E-state index contributed by atoms with van der Waals surface area (Å²) in [4.78, 5) is 10.0. The zero-order chi connectivity index (χ0) is 12.2. The van der Waals surface area contributed by atoms with E-state index in [2.05, 4.69) is 0 Å². The highest BCUT2D eigenvalue weighted by molar-refractivity contribution is 5.67. The number of benzene rings is 1. The Morgan fingerprint density at radius 3 is 2.50 bits per heavy atom. The van der Waals surface area contributed by atoms with Gasteiger partial charge in [0.05, 0.1) is 5.56 Å². The molecule has 86 valence electrons. The van der Waals surface area contributed by atoms with Crippen LogP contribution in [0.5, 0.6) is 0 Å². The Morgan fingerprint density at radius 1 is 1.31 bits per heavy atom. The van der Waals surface area contributed by atoms with Crippen molar-refractivity contribution < 1.29 is 18.0 Å². The number of nitrogen functional groups attached to an aromatic ring is 1. The molecular weight excluding hydrogens is 219 g/mol. The first-order valence-electron chi connectivity index (χ1n) is 4.52. The van der Waals surface area contributed by atoms with Crippen LogP contribution < -0.4 is 5.73 Å². The van der Waals surface area contributed by atoms with Crippen molar-refractivity contribution in [1.82, 2.24) is 0 Å². The Labute approximate surface area is 90.6 Å². The fourth-order valence-corrected chi connectivity index (χ4v) is 1.15. The van der Waals surface area contributed by atoms with Crippen molar-refractivity contribution in [2.45, 2.75) is 12.6 Å². The second-order valence-electron chi connectivity index (χ2n) is 3.15. The van der Waals surface area contributed by atoms with Gasteiger partial charge in [0.15, 0.2) is 0 Å². The molecule has 0 radical (unpaired) electrons. The Hall–Kier alpha value is -1.78. The van der Waals surface area contributed by atoms with Crippen molar-refractivity contribution in [3.05, 3.63) is 35.4 Å². The number of carbonyl (C=O) groups is 1. The molecule has 16 heavy (non-hydrogen) atoms. The fraction of sp³-hybridized carbons (Fsp3) is 0.182. The lowest BCUT2D eigenvalue weighted by molar-refractivity contribution is -0.137. The molecule has 0 fully saturated rings. The molecule has 1 aromatic rings. The van der Waals surface area contributed by atoms with Crippen LogP contribution >= 0.6 is 0 Å². The van der Waals surface area contributed by atoms with E-state index in [0.29, 0.717) is 11.8 Å². The summed E-state index contributed by atoms with van der Waals surface area (Å²) >= 11 is 0. The molecule has 0 saturated carbocycles. The molecular formula is C11H10F3NO. The Kier molecular flexibility index (Phi) is 3.71. The summed E-state index contributed by atoms with van der Waals surface area (Å²) in [5.74, 6) is 0. The van der Waals surface area contributed by atoms with Gasteiger partial charge in [-0.3, -0.25) is 0 Å². The molecule has 0 unspecified atom stereocenters. The molecule has 0 bridgehead atoms. The van der Waals surface area contributed by atoms with Gasteiger partial charge in [-0.25, -0.2) is 0 Å². The third-order valence-corrected chi connectivity index (χ3v) is 1.94. The molecule has 0 atom stereocenters. The SMILES string of the molecule is Nc1cc(C(F)(F)F)ccc1C=CCC=O. The van der Waals surface area contributed by atoms with Crippen LogP contribution in [0.4, 0.5) is 18.9 Å². The van der Waals surface area contributed by atoms with Crippen molar-refractivity contribution in [3.8, 4) is 0 Å². The molecule has 5 heteroatoms. The number of hydrogen-bond donors (Lipinski definition) is 1. The molecule has 2 nitrogen and oxygen atoms in total. The monoisotopic (exact) mass is 229 g/mol. The van der Waals surface area contributed by atoms with Gasteiger partial charge in [-0.05, 0) is 17.7 Å². The van der Waals surface area contributed by atoms with Gasteiger partial charge in [0.1, 0.15) is 6.29 Å². The minimum atomic E-state index is -4.39. The largest absolute Gasteiger partial charge is 0.416 e. The number of hydrogen-bond acceptors (Lipinski definition) is 2. The average molecular weight is 229 g/mol. The number of rotatable bonds is 3. The van der Waals surface area contributed by atoms with Crippen molar-refractivity contribution in [2.75, 3.05) is 5.73 Å². The van der Waals surface area contributed by atoms with E-state index in [0.717, 1.165) is 12.1 Å². The number of allylic oxidation sites excluding steroid dienone is 1. The summed E-state index contributed by atoms with van der Waals surface area (Å²) < 4.78 is 36.9. The summed E-state index contributed by atoms with van der Waals surface area (Å²) in [6.07, 6.45) is -0.438. The lowest BCUT2D eigenvalue weighted by Crippen LogP contribution is -2.05. The number of anilines is 1. The molecule has 0 heterocycles. The third-order valence-electron chi connectivity index (χ3n) is 1.94. The van der Waals surface area contributed by atoms with Crippen molar-refractivity contribution in [3.63, 3.8) is 0 Å². The van der Waals surface area contributed by atoms with Crippen molar-refractivity contribution in [1.29, 1.82) is 0 Å². The fourth-order valence-electron chi connectivity index (χ4n) is 1.15. The first-order chi connectivity index (χ1) is 7.45. The predicted octanol–water partition coefficient (Wildman–Crippen LogP) is 2.89. The standard InChI is InChI=1S/C11H10F3NO/c12-11(13,14)9-5-4-8(10(15)7-9)3-1-2-6-16/h1,3-7H,2,15H2. The smallest absolute Gasteiger partial charge is 0.398 e. The van der Waals surface area contributed by atoms with Gasteiger partial charge >= 0.3 is 6.18 Å². The molecule has 1 aromatic carbocycles. The molecule has 0 aliphatic heterocycles. The number of carbonyl (C=O) groups excluding carboxylic acids is 1. The molecule has 1 rings (SSSR count). The van der Waals surface area contributed by atoms with Crippen LogP contribution in [0.1, 0.15) is 17.5 Å². The molecule has 2 N–H and O–H groups in total. The number of halogens is 3. The summed E-state index contributed by atoms with van der Waals surface area (Å²) in [5.41, 5.74) is 5.19. The molecule has 0 amide bonds. The number of nitrogens with two attached hydrogens (primary N) is 1.